The number of rotatable bonds is 5. The summed E-state index contributed by atoms with van der Waals surface area (Å²) >= 11 is 0.839. The van der Waals surface area contributed by atoms with Crippen LogP contribution in [0, 0.1) is 17.5 Å². The predicted molar refractivity (Wildman–Crippen MR) is 90.7 cm³/mol. The number of ketones is 2. The van der Waals surface area contributed by atoms with E-state index in [-0.39, 0.29) is 26.8 Å². The molecule has 0 amide bonds. The number of nitrogens with zero attached hydrogens (tertiary/aromatic N) is 2. The van der Waals surface area contributed by atoms with Gasteiger partial charge in [-0.15, -0.1) is 11.3 Å². The summed E-state index contributed by atoms with van der Waals surface area (Å²) in [6, 6.07) is 1.56. The second kappa shape index (κ2) is 7.00. The van der Waals surface area contributed by atoms with Crippen LogP contribution in [0.4, 0.5) is 13.2 Å². The Labute approximate surface area is 151 Å². The van der Waals surface area contributed by atoms with Crippen LogP contribution in [0.25, 0.3) is 10.6 Å². The molecule has 5 nitrogen and oxygen atoms in total. The second-order valence-electron chi connectivity index (χ2n) is 5.93. The third-order valence-electron chi connectivity index (χ3n) is 3.69. The Kier molecular flexibility index (Phi) is 4.92. The van der Waals surface area contributed by atoms with Gasteiger partial charge in [0.05, 0.1) is 5.70 Å². The van der Waals surface area contributed by atoms with Crippen LogP contribution in [-0.2, 0) is 0 Å². The minimum atomic E-state index is -1.59. The Bertz CT molecular complexity index is 914. The molecule has 1 aliphatic carbocycles. The summed E-state index contributed by atoms with van der Waals surface area (Å²) in [5.41, 5.74) is 0.0397. The molecule has 9 heteroatoms. The molecule has 0 aliphatic heterocycles. The highest BCUT2D eigenvalue weighted by molar-refractivity contribution is 7.17. The van der Waals surface area contributed by atoms with Crippen LogP contribution in [0.15, 0.2) is 23.9 Å². The molecule has 3 rings (SSSR count). The smallest absolute Gasteiger partial charge is 0.221 e. The van der Waals surface area contributed by atoms with Crippen LogP contribution < -0.4 is 5.32 Å². The number of nitrogens with one attached hydrogen (secondary N) is 1. The van der Waals surface area contributed by atoms with Crippen LogP contribution in [0.2, 0.25) is 0 Å². The molecule has 26 heavy (non-hydrogen) atoms. The van der Waals surface area contributed by atoms with Crippen LogP contribution in [-0.4, -0.2) is 48.6 Å². The van der Waals surface area contributed by atoms with E-state index in [1.165, 1.54) is 0 Å². The lowest BCUT2D eigenvalue weighted by Gasteiger charge is -2.15. The number of Topliss-reactive ketones (excluding diaryl/α,β-unsaturated/α-hetero) is 1. The summed E-state index contributed by atoms with van der Waals surface area (Å²) in [4.78, 5) is 30.8. The molecule has 2 aromatic rings. The van der Waals surface area contributed by atoms with Crippen molar-refractivity contribution in [2.24, 2.45) is 0 Å². The zero-order valence-corrected chi connectivity index (χ0v) is 14.7. The van der Waals surface area contributed by atoms with Crippen molar-refractivity contribution >= 4 is 22.9 Å². The van der Waals surface area contributed by atoms with E-state index >= 15 is 0 Å². The van der Waals surface area contributed by atoms with Crippen molar-refractivity contribution in [2.45, 2.75) is 0 Å². The lowest BCUT2D eigenvalue weighted by atomic mass is 10.0. The maximum atomic E-state index is 13.4. The van der Waals surface area contributed by atoms with Crippen molar-refractivity contribution in [2.75, 3.05) is 27.2 Å². The van der Waals surface area contributed by atoms with Crippen molar-refractivity contribution in [3.63, 3.8) is 0 Å². The molecule has 1 aromatic heterocycles. The van der Waals surface area contributed by atoms with E-state index in [9.17, 15) is 22.8 Å². The molecule has 0 spiro atoms. The summed E-state index contributed by atoms with van der Waals surface area (Å²) in [5.74, 6) is -5.20. The molecular weight excluding hydrogens is 367 g/mol. The van der Waals surface area contributed by atoms with Crippen molar-refractivity contribution in [1.82, 2.24) is 15.2 Å². The molecule has 1 aliphatic rings. The molecular formula is C17H14F3N3O2S. The van der Waals surface area contributed by atoms with E-state index < -0.39 is 29.0 Å². The number of benzene rings is 1. The molecule has 0 bridgehead atoms. The third-order valence-corrected chi connectivity index (χ3v) is 4.80. The number of thiazole rings is 1. The van der Waals surface area contributed by atoms with Gasteiger partial charge in [-0.05, 0) is 26.2 Å². The molecule has 1 heterocycles. The average Bonchev–Trinajstić information content (AvgIpc) is 3.02. The van der Waals surface area contributed by atoms with Crippen molar-refractivity contribution < 1.29 is 22.8 Å². The first-order valence-corrected chi connectivity index (χ1v) is 8.44. The zero-order valence-electron chi connectivity index (χ0n) is 13.9. The van der Waals surface area contributed by atoms with Crippen LogP contribution in [0.1, 0.15) is 20.2 Å². The highest BCUT2D eigenvalue weighted by Gasteiger charge is 2.30. The van der Waals surface area contributed by atoms with Gasteiger partial charge in [0.25, 0.3) is 0 Å². The minimum Gasteiger partial charge on any atom is -0.380 e. The van der Waals surface area contributed by atoms with Gasteiger partial charge in [0.1, 0.15) is 15.6 Å². The number of likely N-dealkylation sites (N-methyl/N-ethyl adjacent to an activating group) is 1. The molecule has 0 unspecified atom stereocenters. The summed E-state index contributed by atoms with van der Waals surface area (Å²) in [5, 5.41) is 2.97. The second-order valence-corrected chi connectivity index (χ2v) is 6.93. The number of fused-ring (bicyclic) bond motifs is 1. The fourth-order valence-electron chi connectivity index (χ4n) is 2.38. The Morgan fingerprint density at radius 3 is 2.42 bits per heavy atom. The zero-order chi connectivity index (χ0) is 19.0. The summed E-state index contributed by atoms with van der Waals surface area (Å²) in [7, 11) is 3.75. The largest absolute Gasteiger partial charge is 0.380 e. The van der Waals surface area contributed by atoms with E-state index in [0.29, 0.717) is 13.1 Å². The van der Waals surface area contributed by atoms with E-state index in [4.69, 9.17) is 0 Å². The van der Waals surface area contributed by atoms with Gasteiger partial charge < -0.3 is 10.2 Å². The van der Waals surface area contributed by atoms with Crippen LogP contribution >= 0.6 is 11.3 Å². The highest BCUT2D eigenvalue weighted by atomic mass is 32.1. The molecule has 0 saturated heterocycles. The van der Waals surface area contributed by atoms with Gasteiger partial charge in [0, 0.05) is 24.7 Å². The Morgan fingerprint density at radius 2 is 1.81 bits per heavy atom. The van der Waals surface area contributed by atoms with Gasteiger partial charge in [0.2, 0.25) is 11.6 Å². The van der Waals surface area contributed by atoms with Crippen molar-refractivity contribution in [1.29, 1.82) is 0 Å². The molecule has 0 atom stereocenters. The number of hydrogen-bond donors (Lipinski definition) is 1. The fraction of sp³-hybridized carbons (Fsp3) is 0.235. The summed E-state index contributed by atoms with van der Waals surface area (Å²) in [6.45, 7) is 1.13. The van der Waals surface area contributed by atoms with Gasteiger partial charge >= 0.3 is 0 Å². The van der Waals surface area contributed by atoms with E-state index in [2.05, 4.69) is 10.3 Å². The third kappa shape index (κ3) is 3.40. The van der Waals surface area contributed by atoms with Gasteiger partial charge in [-0.2, -0.15) is 0 Å². The number of hydrogen-bond acceptors (Lipinski definition) is 6. The predicted octanol–water partition coefficient (Wildman–Crippen LogP) is 2.64. The maximum absolute atomic E-state index is 13.4. The normalized spacial score (nSPS) is 13.8. The van der Waals surface area contributed by atoms with Gasteiger partial charge in [-0.3, -0.25) is 9.59 Å². The quantitative estimate of drug-likeness (QED) is 0.807. The number of carbonyl (C=O) groups excluding carboxylic acids is 2. The number of carbonyl (C=O) groups is 2. The molecule has 0 radical (unpaired) electrons. The Hall–Kier alpha value is -2.52. The van der Waals surface area contributed by atoms with Crippen molar-refractivity contribution in [3.05, 3.63) is 51.9 Å². The van der Waals surface area contributed by atoms with E-state index in [1.54, 1.807) is 0 Å². The molecule has 1 aromatic carbocycles. The van der Waals surface area contributed by atoms with Gasteiger partial charge in [0.15, 0.2) is 17.5 Å². The maximum Gasteiger partial charge on any atom is 0.221 e. The molecule has 136 valence electrons. The molecule has 0 fully saturated rings. The van der Waals surface area contributed by atoms with Gasteiger partial charge in [-0.25, -0.2) is 18.2 Å². The number of allylic oxidation sites excluding steroid dienone is 2. The first-order chi connectivity index (χ1) is 12.3. The lowest BCUT2D eigenvalue weighted by molar-refractivity contribution is 0.0978. The number of halogens is 3. The topological polar surface area (TPSA) is 62.3 Å². The highest BCUT2D eigenvalue weighted by Crippen LogP contribution is 2.33. The first kappa shape index (κ1) is 18.3. The van der Waals surface area contributed by atoms with Crippen molar-refractivity contribution in [3.8, 4) is 10.6 Å². The lowest BCUT2D eigenvalue weighted by Crippen LogP contribution is -2.31. The standard InChI is InChI=1S/C17H14F3N3O2S/c1-23(2)4-3-21-11-7-12(24)14-16(15(11)25)26-17(22-14)8-5-9(18)13(20)10(19)6-8/h5-7,21H,3-4H2,1-2H3. The van der Waals surface area contributed by atoms with Gasteiger partial charge in [-0.1, -0.05) is 0 Å². The molecule has 1 N–H and O–H groups in total. The first-order valence-electron chi connectivity index (χ1n) is 7.63. The minimum absolute atomic E-state index is 0.0384. The summed E-state index contributed by atoms with van der Waals surface area (Å²) < 4.78 is 40.0. The Morgan fingerprint density at radius 1 is 1.15 bits per heavy atom. The monoisotopic (exact) mass is 381 g/mol. The molecule has 0 saturated carbocycles. The van der Waals surface area contributed by atoms with Crippen LogP contribution in [0.3, 0.4) is 0 Å². The Balaban J connectivity index is 1.91. The number of aromatic nitrogens is 1. The average molecular weight is 381 g/mol. The fourth-order valence-corrected chi connectivity index (χ4v) is 3.39. The van der Waals surface area contributed by atoms with Crippen LogP contribution in [0.5, 0.6) is 0 Å². The SMILES string of the molecule is CN(C)CCNC1=CC(=O)c2nc(-c3cc(F)c(F)c(F)c3)sc2C1=O. The van der Waals surface area contributed by atoms with E-state index in [0.717, 1.165) is 29.5 Å². The summed E-state index contributed by atoms with van der Waals surface area (Å²) in [6.07, 6.45) is 1.16. The van der Waals surface area contributed by atoms with E-state index in [1.807, 2.05) is 19.0 Å².